The summed E-state index contributed by atoms with van der Waals surface area (Å²) in [5.74, 6) is 0.579. The molecule has 28 heavy (non-hydrogen) atoms. The number of pyridine rings is 1. The maximum atomic E-state index is 12.2. The van der Waals surface area contributed by atoms with Crippen molar-refractivity contribution < 1.29 is 4.79 Å². The van der Waals surface area contributed by atoms with Crippen molar-refractivity contribution in [2.24, 2.45) is 0 Å². The van der Waals surface area contributed by atoms with E-state index in [1.165, 1.54) is 18.3 Å². The van der Waals surface area contributed by atoms with Crippen molar-refractivity contribution in [2.45, 2.75) is 17.7 Å². The van der Waals surface area contributed by atoms with Gasteiger partial charge in [0.25, 0.3) is 0 Å². The lowest BCUT2D eigenvalue weighted by molar-refractivity contribution is -0.115. The molecule has 7 heteroatoms. The van der Waals surface area contributed by atoms with Gasteiger partial charge in [0.2, 0.25) is 5.91 Å². The number of halogens is 1. The Labute approximate surface area is 176 Å². The summed E-state index contributed by atoms with van der Waals surface area (Å²) in [6.07, 6.45) is 0. The summed E-state index contributed by atoms with van der Waals surface area (Å²) < 4.78 is 0. The normalized spacial score (nSPS) is 10.9. The first-order valence-electron chi connectivity index (χ1n) is 8.59. The monoisotopic (exact) mass is 425 g/mol. The first-order chi connectivity index (χ1) is 13.6. The Kier molecular flexibility index (Phi) is 5.62. The number of carbonyl (C=O) groups is 1. The molecular weight excluding hydrogens is 410 g/mol. The fourth-order valence-corrected chi connectivity index (χ4v) is 4.73. The van der Waals surface area contributed by atoms with Gasteiger partial charge in [0.1, 0.15) is 0 Å². The van der Waals surface area contributed by atoms with E-state index in [-0.39, 0.29) is 5.91 Å². The largest absolute Gasteiger partial charge is 0.274 e. The summed E-state index contributed by atoms with van der Waals surface area (Å²) in [7, 11) is 0. The van der Waals surface area contributed by atoms with E-state index < -0.39 is 0 Å². The van der Waals surface area contributed by atoms with E-state index in [1.54, 1.807) is 28.8 Å². The lowest BCUT2D eigenvalue weighted by Gasteiger charge is -2.18. The van der Waals surface area contributed by atoms with Crippen LogP contribution in [0.3, 0.4) is 0 Å². The minimum absolute atomic E-state index is 0.105. The van der Waals surface area contributed by atoms with E-state index >= 15 is 0 Å². The summed E-state index contributed by atoms with van der Waals surface area (Å²) in [4.78, 5) is 23.1. The molecule has 0 fully saturated rings. The molecular formula is C21H16ClN3OS2. The Morgan fingerprint density at radius 1 is 1.11 bits per heavy atom. The lowest BCUT2D eigenvalue weighted by Crippen LogP contribution is -2.22. The van der Waals surface area contributed by atoms with Crippen molar-refractivity contribution in [1.29, 1.82) is 0 Å². The SMILES string of the molecule is CC(=O)N(c1cccc(Cl)c1)c1nc(CSc2ccc3ccccc3n2)cs1. The van der Waals surface area contributed by atoms with Gasteiger partial charge >= 0.3 is 0 Å². The van der Waals surface area contributed by atoms with Crippen LogP contribution in [0.5, 0.6) is 0 Å². The molecule has 2 heterocycles. The second-order valence-electron chi connectivity index (χ2n) is 6.09. The molecule has 0 aliphatic heterocycles. The topological polar surface area (TPSA) is 46.1 Å². The van der Waals surface area contributed by atoms with Crippen LogP contribution >= 0.6 is 34.7 Å². The molecule has 4 aromatic rings. The highest BCUT2D eigenvalue weighted by molar-refractivity contribution is 7.98. The lowest BCUT2D eigenvalue weighted by atomic mass is 10.2. The van der Waals surface area contributed by atoms with Crippen molar-refractivity contribution >= 4 is 62.3 Å². The van der Waals surface area contributed by atoms with Gasteiger partial charge in [0.15, 0.2) is 5.13 Å². The highest BCUT2D eigenvalue weighted by atomic mass is 35.5. The highest BCUT2D eigenvalue weighted by Gasteiger charge is 2.18. The Morgan fingerprint density at radius 2 is 1.96 bits per heavy atom. The molecule has 2 aromatic heterocycles. The number of rotatable bonds is 5. The van der Waals surface area contributed by atoms with E-state index in [0.717, 1.165) is 21.6 Å². The van der Waals surface area contributed by atoms with E-state index in [2.05, 4.69) is 22.1 Å². The zero-order valence-corrected chi connectivity index (χ0v) is 17.4. The third-order valence-corrected chi connectivity index (χ3v) is 6.13. The number of hydrogen-bond acceptors (Lipinski definition) is 5. The fraction of sp³-hybridized carbons (Fsp3) is 0.0952. The molecule has 0 N–H and O–H groups in total. The van der Waals surface area contributed by atoms with Crippen molar-refractivity contribution in [3.63, 3.8) is 0 Å². The van der Waals surface area contributed by atoms with Crippen LogP contribution in [-0.4, -0.2) is 15.9 Å². The first kappa shape index (κ1) is 18.9. The standard InChI is InChI=1S/C21H16ClN3OS2/c1-14(26)25(18-7-4-6-16(22)11-18)21-23-17(13-28-21)12-27-20-10-9-15-5-2-3-8-19(15)24-20/h2-11,13H,12H2,1H3. The molecule has 2 aromatic carbocycles. The molecule has 0 unspecified atom stereocenters. The minimum atomic E-state index is -0.105. The van der Waals surface area contributed by atoms with E-state index in [4.69, 9.17) is 11.6 Å². The van der Waals surface area contributed by atoms with Gasteiger partial charge in [-0.2, -0.15) is 0 Å². The highest BCUT2D eigenvalue weighted by Crippen LogP contribution is 2.32. The molecule has 0 aliphatic rings. The van der Waals surface area contributed by atoms with Crippen LogP contribution in [0.15, 0.2) is 71.1 Å². The Morgan fingerprint density at radius 3 is 2.79 bits per heavy atom. The van der Waals surface area contributed by atoms with Gasteiger partial charge in [0.05, 0.1) is 21.9 Å². The quantitative estimate of drug-likeness (QED) is 0.351. The fourth-order valence-electron chi connectivity index (χ4n) is 2.78. The molecule has 0 saturated heterocycles. The maximum Gasteiger partial charge on any atom is 0.230 e. The number of para-hydroxylation sites is 1. The molecule has 0 spiro atoms. The average molecular weight is 426 g/mol. The van der Waals surface area contributed by atoms with Gasteiger partial charge in [-0.15, -0.1) is 11.3 Å². The van der Waals surface area contributed by atoms with E-state index in [9.17, 15) is 4.79 Å². The Balaban J connectivity index is 1.52. The molecule has 0 bridgehead atoms. The van der Waals surface area contributed by atoms with Crippen molar-refractivity contribution in [3.8, 4) is 0 Å². The van der Waals surface area contributed by atoms with Gasteiger partial charge in [-0.25, -0.2) is 9.97 Å². The Bertz CT molecular complexity index is 1150. The molecule has 4 nitrogen and oxygen atoms in total. The molecule has 4 rings (SSSR count). The van der Waals surface area contributed by atoms with Gasteiger partial charge in [-0.05, 0) is 30.3 Å². The summed E-state index contributed by atoms with van der Waals surface area (Å²) in [5, 5.41) is 5.27. The van der Waals surface area contributed by atoms with Crippen molar-refractivity contribution in [3.05, 3.63) is 76.8 Å². The second kappa shape index (κ2) is 8.31. The number of amides is 1. The third kappa shape index (κ3) is 4.19. The summed E-state index contributed by atoms with van der Waals surface area (Å²) in [5.41, 5.74) is 2.60. The first-order valence-corrected chi connectivity index (χ1v) is 10.8. The predicted octanol–water partition coefficient (Wildman–Crippen LogP) is 6.32. The number of aromatic nitrogens is 2. The Hall–Kier alpha value is -2.41. The van der Waals surface area contributed by atoms with Crippen molar-refractivity contribution in [1.82, 2.24) is 9.97 Å². The molecule has 1 amide bonds. The molecule has 140 valence electrons. The number of benzene rings is 2. The predicted molar refractivity (Wildman–Crippen MR) is 118 cm³/mol. The number of hydrogen-bond donors (Lipinski definition) is 0. The number of nitrogens with zero attached hydrogens (tertiary/aromatic N) is 3. The number of thioether (sulfide) groups is 1. The van der Waals surface area contributed by atoms with Crippen LogP contribution in [0.2, 0.25) is 5.02 Å². The zero-order chi connectivity index (χ0) is 19.5. The molecule has 0 aliphatic carbocycles. The molecule has 0 saturated carbocycles. The minimum Gasteiger partial charge on any atom is -0.274 e. The van der Waals surface area contributed by atoms with Gasteiger partial charge in [0, 0.05) is 28.5 Å². The second-order valence-corrected chi connectivity index (χ2v) is 8.36. The number of anilines is 2. The summed E-state index contributed by atoms with van der Waals surface area (Å²) >= 11 is 9.15. The summed E-state index contributed by atoms with van der Waals surface area (Å²) in [6.45, 7) is 1.52. The van der Waals surface area contributed by atoms with Gasteiger partial charge in [-0.3, -0.25) is 9.69 Å². The van der Waals surface area contributed by atoms with Gasteiger partial charge < -0.3 is 0 Å². The number of thiazole rings is 1. The van der Waals surface area contributed by atoms with Crippen LogP contribution in [0.4, 0.5) is 10.8 Å². The summed E-state index contributed by atoms with van der Waals surface area (Å²) in [6, 6.07) is 19.4. The van der Waals surface area contributed by atoms with E-state index in [1.807, 2.05) is 41.8 Å². The van der Waals surface area contributed by atoms with E-state index in [0.29, 0.717) is 21.6 Å². The molecule has 0 atom stereocenters. The average Bonchev–Trinajstić information content (AvgIpc) is 3.14. The van der Waals surface area contributed by atoms with Crippen molar-refractivity contribution in [2.75, 3.05) is 4.90 Å². The van der Waals surface area contributed by atoms with Crippen LogP contribution in [0.25, 0.3) is 10.9 Å². The van der Waals surface area contributed by atoms with Crippen LogP contribution in [0, 0.1) is 0 Å². The van der Waals surface area contributed by atoms with Crippen LogP contribution in [-0.2, 0) is 10.5 Å². The zero-order valence-electron chi connectivity index (χ0n) is 15.0. The number of carbonyl (C=O) groups excluding carboxylic acids is 1. The van der Waals surface area contributed by atoms with Gasteiger partial charge in [-0.1, -0.05) is 53.7 Å². The third-order valence-electron chi connectivity index (χ3n) is 4.05. The smallest absolute Gasteiger partial charge is 0.230 e. The van der Waals surface area contributed by atoms with Crippen LogP contribution in [0.1, 0.15) is 12.6 Å². The molecule has 0 radical (unpaired) electrons. The number of fused-ring (bicyclic) bond motifs is 1. The van der Waals surface area contributed by atoms with Crippen LogP contribution < -0.4 is 4.90 Å². The maximum absolute atomic E-state index is 12.2.